The molecule has 1 aliphatic carbocycles. The second-order valence-electron chi connectivity index (χ2n) is 2.05. The zero-order valence-electron chi connectivity index (χ0n) is 4.42. The third kappa shape index (κ3) is 1.05. The van der Waals surface area contributed by atoms with Gasteiger partial charge in [0.25, 0.3) is 0 Å². The molecule has 60 valence electrons. The fraction of sp³-hybridized carbons (Fsp3) is 1.00. The monoisotopic (exact) mass is 404 g/mol. The predicted octanol–water partition coefficient (Wildman–Crippen LogP) is 3.65. The van der Waals surface area contributed by atoms with E-state index in [1.165, 1.54) is 0 Å². The zero-order valence-corrected chi connectivity index (χ0v) is 10.8. The summed E-state index contributed by atoms with van der Waals surface area (Å²) in [6.45, 7) is 0. The van der Waals surface area contributed by atoms with Crippen LogP contribution in [0.25, 0.3) is 0 Å². The minimum absolute atomic E-state index is 1.04. The molecule has 1 saturated carbocycles. The van der Waals surface area contributed by atoms with E-state index in [1.54, 1.807) is 0 Å². The molecule has 1 rings (SSSR count). The van der Waals surface area contributed by atoms with Gasteiger partial charge >= 0.3 is 0 Å². The number of hydrogen-bond donors (Lipinski definition) is 0. The van der Waals surface area contributed by atoms with Crippen molar-refractivity contribution in [2.24, 2.45) is 0 Å². The van der Waals surface area contributed by atoms with E-state index in [2.05, 4.69) is 63.7 Å². The maximum atomic E-state index is 12.7. The van der Waals surface area contributed by atoms with E-state index in [0.29, 0.717) is 0 Å². The Hall–Kier alpha value is 1.78. The Balaban J connectivity index is 2.82. The van der Waals surface area contributed by atoms with Gasteiger partial charge in [-0.15, -0.1) is 0 Å². The van der Waals surface area contributed by atoms with Crippen LogP contribution in [-0.4, -0.2) is 18.8 Å². The van der Waals surface area contributed by atoms with Gasteiger partial charge in [-0.05, 0) is 0 Å². The Kier molecular flexibility index (Phi) is 2.60. The average Bonchev–Trinajstić information content (AvgIpc) is 1.84. The molecule has 0 spiro atoms. The average molecular weight is 408 g/mol. The van der Waals surface area contributed by atoms with Crippen molar-refractivity contribution in [2.75, 3.05) is 0 Å². The van der Waals surface area contributed by atoms with Gasteiger partial charge in [-0.3, -0.25) is 0 Å². The lowest BCUT2D eigenvalue weighted by molar-refractivity contribution is 0.0714. The molecule has 1 aliphatic rings. The van der Waals surface area contributed by atoms with Gasteiger partial charge in [0, 0.05) is 0 Å². The third-order valence-electron chi connectivity index (χ3n) is 1.39. The highest BCUT2D eigenvalue weighted by atomic mass is 79.9. The van der Waals surface area contributed by atoms with Crippen molar-refractivity contribution < 1.29 is 8.78 Å². The molecule has 0 aromatic carbocycles. The van der Waals surface area contributed by atoms with Gasteiger partial charge in [0.15, 0.2) is 12.3 Å². The molecule has 0 N–H and O–H groups in total. The van der Waals surface area contributed by atoms with Gasteiger partial charge in [0.2, 0.25) is 0 Å². The fourth-order valence-corrected chi connectivity index (χ4v) is 2.44. The molecule has 10 heavy (non-hydrogen) atoms. The maximum Gasteiger partial charge on any atom is 0.161 e. The summed E-state index contributed by atoms with van der Waals surface area (Å²) in [5.74, 6) is 0. The second-order valence-corrected chi connectivity index (χ2v) is 9.18. The van der Waals surface area contributed by atoms with E-state index in [9.17, 15) is 8.78 Å². The summed E-state index contributed by atoms with van der Waals surface area (Å²) in [4.78, 5) is 0. The Morgan fingerprint density at radius 3 is 1.10 bits per heavy atom. The van der Waals surface area contributed by atoms with E-state index in [1.807, 2.05) is 0 Å². The fourth-order valence-electron chi connectivity index (χ4n) is 0.639. The minimum Gasteiger partial charge on any atom is -0.242 e. The summed E-state index contributed by atoms with van der Waals surface area (Å²) in [6, 6.07) is 0. The lowest BCUT2D eigenvalue weighted by Crippen LogP contribution is -2.66. The number of alkyl halides is 6. The molecule has 1 fully saturated rings. The molecule has 2 atom stereocenters. The van der Waals surface area contributed by atoms with Gasteiger partial charge in [-0.1, -0.05) is 63.7 Å². The lowest BCUT2D eigenvalue weighted by atomic mass is 9.94. The van der Waals surface area contributed by atoms with Crippen LogP contribution >= 0.6 is 63.7 Å². The summed E-state index contributed by atoms with van der Waals surface area (Å²) in [5.41, 5.74) is 0. The summed E-state index contributed by atoms with van der Waals surface area (Å²) < 4.78 is 23.2. The van der Waals surface area contributed by atoms with E-state index in [4.69, 9.17) is 0 Å². The van der Waals surface area contributed by atoms with E-state index < -0.39 is 18.8 Å². The zero-order chi connectivity index (χ0) is 8.15. The van der Waals surface area contributed by atoms with E-state index >= 15 is 0 Å². The van der Waals surface area contributed by atoms with E-state index in [-0.39, 0.29) is 0 Å². The highest BCUT2D eigenvalue weighted by Crippen LogP contribution is 2.64. The molecule has 2 unspecified atom stereocenters. The van der Waals surface area contributed by atoms with Crippen molar-refractivity contribution in [3.63, 3.8) is 0 Å². The minimum atomic E-state index is -1.54. The van der Waals surface area contributed by atoms with Crippen LogP contribution < -0.4 is 0 Å². The van der Waals surface area contributed by atoms with E-state index in [0.717, 1.165) is 0 Å². The molecule has 0 aromatic heterocycles. The van der Waals surface area contributed by atoms with Crippen LogP contribution in [0.1, 0.15) is 0 Å². The molecule has 0 nitrogen and oxygen atoms in total. The molecular weight excluding hydrogens is 406 g/mol. The van der Waals surface area contributed by atoms with Crippen LogP contribution in [0.15, 0.2) is 0 Å². The summed E-state index contributed by atoms with van der Waals surface area (Å²) in [6.07, 6.45) is -3.07. The Bertz CT molecular complexity index is 139. The van der Waals surface area contributed by atoms with Crippen molar-refractivity contribution >= 4 is 63.7 Å². The molecule has 0 bridgehead atoms. The topological polar surface area (TPSA) is 0 Å². The van der Waals surface area contributed by atoms with Crippen molar-refractivity contribution in [3.8, 4) is 0 Å². The smallest absolute Gasteiger partial charge is 0.161 e. The number of rotatable bonds is 0. The highest BCUT2D eigenvalue weighted by molar-refractivity contribution is 9.30. The van der Waals surface area contributed by atoms with Gasteiger partial charge in [-0.2, -0.15) is 0 Å². The highest BCUT2D eigenvalue weighted by Gasteiger charge is 2.70. The number of halogens is 6. The quantitative estimate of drug-likeness (QED) is 0.538. The predicted molar refractivity (Wildman–Crippen MR) is 51.0 cm³/mol. The lowest BCUT2D eigenvalue weighted by Gasteiger charge is -2.50. The van der Waals surface area contributed by atoms with Gasteiger partial charge in [-0.25, -0.2) is 8.78 Å². The third-order valence-corrected chi connectivity index (χ3v) is 7.77. The van der Waals surface area contributed by atoms with Crippen LogP contribution in [0.3, 0.4) is 0 Å². The van der Waals surface area contributed by atoms with Gasteiger partial charge < -0.3 is 0 Å². The Morgan fingerprint density at radius 2 is 1.00 bits per heavy atom. The van der Waals surface area contributed by atoms with Crippen LogP contribution in [0.5, 0.6) is 0 Å². The van der Waals surface area contributed by atoms with Gasteiger partial charge in [0.1, 0.15) is 6.47 Å². The van der Waals surface area contributed by atoms with Crippen LogP contribution in [0, 0.1) is 0 Å². The SMILES string of the molecule is FC1C(F)C(Br)(Br)C1(Br)Br. The first-order chi connectivity index (χ1) is 4.32. The molecule has 0 radical (unpaired) electrons. The Labute approximate surface area is 90.6 Å². The van der Waals surface area contributed by atoms with Crippen molar-refractivity contribution in [2.45, 2.75) is 18.8 Å². The van der Waals surface area contributed by atoms with Crippen LogP contribution in [0.2, 0.25) is 0 Å². The normalized spacial score (nSPS) is 42.6. The molecular formula is C4H2Br4F2. The summed E-state index contributed by atoms with van der Waals surface area (Å²) in [5, 5.41) is 0. The first-order valence-electron chi connectivity index (χ1n) is 2.35. The second kappa shape index (κ2) is 2.64. The van der Waals surface area contributed by atoms with Gasteiger partial charge in [0.05, 0.1) is 0 Å². The molecule has 0 amide bonds. The van der Waals surface area contributed by atoms with Crippen LogP contribution in [0.4, 0.5) is 8.78 Å². The summed E-state index contributed by atoms with van der Waals surface area (Å²) >= 11 is 12.0. The molecule has 0 heterocycles. The summed E-state index contributed by atoms with van der Waals surface area (Å²) in [7, 11) is 0. The molecule has 0 aromatic rings. The molecule has 0 saturated heterocycles. The molecule has 6 heteroatoms. The first kappa shape index (κ1) is 9.86. The molecule has 0 aliphatic heterocycles. The number of hydrogen-bond acceptors (Lipinski definition) is 0. The van der Waals surface area contributed by atoms with Crippen molar-refractivity contribution in [1.82, 2.24) is 0 Å². The largest absolute Gasteiger partial charge is 0.242 e. The maximum absolute atomic E-state index is 12.7. The standard InChI is InChI=1S/C4H2Br4F2/c5-3(6)1(9)2(10)4(3,7)8/h1-2H. The van der Waals surface area contributed by atoms with Crippen molar-refractivity contribution in [3.05, 3.63) is 0 Å². The Morgan fingerprint density at radius 1 is 0.800 bits per heavy atom. The first-order valence-corrected chi connectivity index (χ1v) is 5.53. The van der Waals surface area contributed by atoms with Crippen LogP contribution in [-0.2, 0) is 0 Å². The van der Waals surface area contributed by atoms with Crippen molar-refractivity contribution in [1.29, 1.82) is 0 Å².